The molecule has 5 nitrogen and oxygen atoms in total. The molecule has 0 unspecified atom stereocenters. The van der Waals surface area contributed by atoms with Gasteiger partial charge in [0.2, 0.25) is 0 Å². The first-order valence-electron chi connectivity index (χ1n) is 9.00. The van der Waals surface area contributed by atoms with Crippen molar-refractivity contribution in [3.8, 4) is 0 Å². The molecule has 0 atom stereocenters. The van der Waals surface area contributed by atoms with Gasteiger partial charge in [0.25, 0.3) is 0 Å². The minimum atomic E-state index is 0. The average Bonchev–Trinajstić information content (AvgIpc) is 2.90. The van der Waals surface area contributed by atoms with Crippen LogP contribution in [0.4, 0.5) is 0 Å². The third kappa shape index (κ3) is 5.00. The van der Waals surface area contributed by atoms with E-state index in [0.717, 1.165) is 31.2 Å². The van der Waals surface area contributed by atoms with Crippen LogP contribution in [0.2, 0.25) is 0 Å². The second-order valence-corrected chi connectivity index (χ2v) is 6.51. The standard InChI is InChI=1S/C21H27N5.HI/c1-15-20(16(2)26(4)25-15)14-24-21(22-3)23-13-12-18-10-7-9-17-8-5-6-11-19(17)18;/h5-11H,12-14H2,1-4H3,(H2,22,23,24);1H. The van der Waals surface area contributed by atoms with Crippen LogP contribution in [0.5, 0.6) is 0 Å². The van der Waals surface area contributed by atoms with E-state index in [2.05, 4.69) is 70.1 Å². The summed E-state index contributed by atoms with van der Waals surface area (Å²) in [5, 5.41) is 13.9. The van der Waals surface area contributed by atoms with Gasteiger partial charge in [0.1, 0.15) is 0 Å². The number of benzene rings is 2. The molecule has 144 valence electrons. The molecule has 6 heteroatoms. The molecule has 27 heavy (non-hydrogen) atoms. The fourth-order valence-electron chi connectivity index (χ4n) is 3.29. The highest BCUT2D eigenvalue weighted by molar-refractivity contribution is 14.0. The number of aromatic nitrogens is 2. The number of nitrogens with zero attached hydrogens (tertiary/aromatic N) is 3. The number of aryl methyl sites for hydroxylation is 2. The van der Waals surface area contributed by atoms with Crippen molar-refractivity contribution in [2.45, 2.75) is 26.8 Å². The summed E-state index contributed by atoms with van der Waals surface area (Å²) in [6, 6.07) is 15.0. The lowest BCUT2D eigenvalue weighted by Crippen LogP contribution is -2.38. The van der Waals surface area contributed by atoms with Crippen molar-refractivity contribution in [2.24, 2.45) is 12.0 Å². The maximum absolute atomic E-state index is 4.46. The van der Waals surface area contributed by atoms with Crippen LogP contribution in [0.25, 0.3) is 10.8 Å². The molecule has 1 aromatic heterocycles. The van der Waals surface area contributed by atoms with Crippen LogP contribution in [-0.4, -0.2) is 29.3 Å². The molecule has 3 rings (SSSR count). The first-order chi connectivity index (χ1) is 12.6. The van der Waals surface area contributed by atoms with E-state index in [0.29, 0.717) is 0 Å². The third-order valence-corrected chi connectivity index (χ3v) is 4.88. The van der Waals surface area contributed by atoms with E-state index in [9.17, 15) is 0 Å². The molecule has 0 bridgehead atoms. The zero-order chi connectivity index (χ0) is 18.5. The van der Waals surface area contributed by atoms with Gasteiger partial charge < -0.3 is 10.6 Å². The summed E-state index contributed by atoms with van der Waals surface area (Å²) < 4.78 is 1.92. The number of hydrogen-bond donors (Lipinski definition) is 2. The minimum absolute atomic E-state index is 0. The fourth-order valence-corrected chi connectivity index (χ4v) is 3.29. The molecule has 0 aliphatic heterocycles. The zero-order valence-corrected chi connectivity index (χ0v) is 18.7. The second kappa shape index (κ2) is 9.73. The quantitative estimate of drug-likeness (QED) is 0.335. The summed E-state index contributed by atoms with van der Waals surface area (Å²) in [7, 11) is 3.78. The van der Waals surface area contributed by atoms with Crippen LogP contribution in [0, 0.1) is 13.8 Å². The van der Waals surface area contributed by atoms with E-state index >= 15 is 0 Å². The number of aliphatic imine (C=N–C) groups is 1. The topological polar surface area (TPSA) is 54.2 Å². The molecule has 0 radical (unpaired) electrons. The fraction of sp³-hybridized carbons (Fsp3) is 0.333. The van der Waals surface area contributed by atoms with Gasteiger partial charge in [0.05, 0.1) is 5.69 Å². The van der Waals surface area contributed by atoms with Gasteiger partial charge in [-0.25, -0.2) is 0 Å². The van der Waals surface area contributed by atoms with E-state index in [4.69, 9.17) is 0 Å². The van der Waals surface area contributed by atoms with Gasteiger partial charge in [0.15, 0.2) is 5.96 Å². The Labute approximate surface area is 178 Å². The molecular formula is C21H28IN5. The Bertz CT molecular complexity index is 924. The highest BCUT2D eigenvalue weighted by atomic mass is 127. The largest absolute Gasteiger partial charge is 0.356 e. The Hall–Kier alpha value is -2.09. The zero-order valence-electron chi connectivity index (χ0n) is 16.4. The van der Waals surface area contributed by atoms with Crippen molar-refractivity contribution < 1.29 is 0 Å². The summed E-state index contributed by atoms with van der Waals surface area (Å²) in [5.74, 6) is 0.813. The second-order valence-electron chi connectivity index (χ2n) is 6.51. The molecule has 1 heterocycles. The Morgan fingerprint density at radius 3 is 2.52 bits per heavy atom. The summed E-state index contributed by atoms with van der Waals surface area (Å²) in [6.07, 6.45) is 0.951. The molecule has 0 saturated heterocycles. The molecule has 2 aromatic carbocycles. The van der Waals surface area contributed by atoms with Crippen LogP contribution in [0.15, 0.2) is 47.5 Å². The highest BCUT2D eigenvalue weighted by Crippen LogP contribution is 2.18. The van der Waals surface area contributed by atoms with Crippen molar-refractivity contribution in [3.63, 3.8) is 0 Å². The van der Waals surface area contributed by atoms with Crippen molar-refractivity contribution in [1.82, 2.24) is 20.4 Å². The third-order valence-electron chi connectivity index (χ3n) is 4.88. The highest BCUT2D eigenvalue weighted by Gasteiger charge is 2.09. The predicted octanol–water partition coefficient (Wildman–Crippen LogP) is 3.72. The van der Waals surface area contributed by atoms with Gasteiger partial charge >= 0.3 is 0 Å². The van der Waals surface area contributed by atoms with Gasteiger partial charge in [-0.1, -0.05) is 42.5 Å². The van der Waals surface area contributed by atoms with E-state index < -0.39 is 0 Å². The van der Waals surface area contributed by atoms with Gasteiger partial charge in [-0.05, 0) is 36.6 Å². The Kier molecular flexibility index (Phi) is 7.65. The van der Waals surface area contributed by atoms with Crippen molar-refractivity contribution in [3.05, 3.63) is 65.0 Å². The Morgan fingerprint density at radius 2 is 1.81 bits per heavy atom. The maximum Gasteiger partial charge on any atom is 0.191 e. The normalized spacial score (nSPS) is 11.3. The van der Waals surface area contributed by atoms with Crippen LogP contribution < -0.4 is 10.6 Å². The van der Waals surface area contributed by atoms with Gasteiger partial charge in [0, 0.05) is 38.4 Å². The van der Waals surface area contributed by atoms with Crippen LogP contribution in [-0.2, 0) is 20.0 Å². The molecule has 0 aliphatic rings. The number of hydrogen-bond acceptors (Lipinski definition) is 2. The lowest BCUT2D eigenvalue weighted by Gasteiger charge is -2.13. The lowest BCUT2D eigenvalue weighted by molar-refractivity contribution is 0.728. The first-order valence-corrected chi connectivity index (χ1v) is 9.00. The minimum Gasteiger partial charge on any atom is -0.356 e. The van der Waals surface area contributed by atoms with E-state index in [1.54, 1.807) is 7.05 Å². The number of fused-ring (bicyclic) bond motifs is 1. The van der Waals surface area contributed by atoms with Gasteiger partial charge in [-0.15, -0.1) is 24.0 Å². The molecule has 3 aromatic rings. The van der Waals surface area contributed by atoms with Gasteiger partial charge in [-0.2, -0.15) is 5.10 Å². The molecule has 0 saturated carbocycles. The monoisotopic (exact) mass is 477 g/mol. The van der Waals surface area contributed by atoms with Gasteiger partial charge in [-0.3, -0.25) is 9.67 Å². The smallest absolute Gasteiger partial charge is 0.191 e. The summed E-state index contributed by atoms with van der Waals surface area (Å²) in [5.41, 5.74) is 4.82. The Balaban J connectivity index is 0.00000261. The van der Waals surface area contributed by atoms with Crippen LogP contribution >= 0.6 is 24.0 Å². The van der Waals surface area contributed by atoms with Crippen molar-refractivity contribution in [2.75, 3.05) is 13.6 Å². The predicted molar refractivity (Wildman–Crippen MR) is 124 cm³/mol. The van der Waals surface area contributed by atoms with E-state index in [1.807, 2.05) is 18.7 Å². The molecule has 0 fully saturated rings. The molecule has 2 N–H and O–H groups in total. The summed E-state index contributed by atoms with van der Waals surface area (Å²) in [6.45, 7) is 5.69. The molecule has 0 aliphatic carbocycles. The number of rotatable bonds is 5. The van der Waals surface area contributed by atoms with E-state index in [1.165, 1.54) is 27.6 Å². The molecule has 0 spiro atoms. The van der Waals surface area contributed by atoms with Crippen molar-refractivity contribution in [1.29, 1.82) is 0 Å². The maximum atomic E-state index is 4.46. The first kappa shape index (κ1) is 21.2. The number of nitrogens with one attached hydrogen (secondary N) is 2. The number of guanidine groups is 1. The van der Waals surface area contributed by atoms with Crippen molar-refractivity contribution >= 4 is 40.7 Å². The Morgan fingerprint density at radius 1 is 1.07 bits per heavy atom. The number of halogens is 1. The van der Waals surface area contributed by atoms with Crippen LogP contribution in [0.3, 0.4) is 0 Å². The van der Waals surface area contributed by atoms with Crippen LogP contribution in [0.1, 0.15) is 22.5 Å². The molecular weight excluding hydrogens is 449 g/mol. The average molecular weight is 477 g/mol. The van der Waals surface area contributed by atoms with E-state index in [-0.39, 0.29) is 24.0 Å². The SMILES string of the molecule is CN=C(NCCc1cccc2ccccc12)NCc1c(C)nn(C)c1C.I. The molecule has 0 amide bonds. The lowest BCUT2D eigenvalue weighted by atomic mass is 10.0. The summed E-state index contributed by atoms with van der Waals surface area (Å²) >= 11 is 0. The summed E-state index contributed by atoms with van der Waals surface area (Å²) in [4.78, 5) is 4.33.